The zero-order chi connectivity index (χ0) is 22.1. The van der Waals surface area contributed by atoms with Crippen molar-refractivity contribution < 1.29 is 23.1 Å². The van der Waals surface area contributed by atoms with Crippen molar-refractivity contribution in [1.82, 2.24) is 9.88 Å². The second-order valence-electron chi connectivity index (χ2n) is 7.41. The van der Waals surface area contributed by atoms with E-state index in [1.54, 1.807) is 6.92 Å². The fourth-order valence-corrected chi connectivity index (χ4v) is 4.52. The smallest absolute Gasteiger partial charge is 0.312 e. The fraction of sp³-hybridized carbons (Fsp3) is 0.381. The lowest BCUT2D eigenvalue weighted by Crippen LogP contribution is -2.52. The number of methoxy groups -OCH3 is 1. The number of piperidine rings is 1. The van der Waals surface area contributed by atoms with E-state index in [4.69, 9.17) is 16.3 Å². The highest BCUT2D eigenvalue weighted by molar-refractivity contribution is 9.10. The van der Waals surface area contributed by atoms with Crippen molar-refractivity contribution in [3.63, 3.8) is 0 Å². The standard InChI is InChI=1S/C21H20BrClF2N2O3/c1-12-10-21(20(29)30-2,11-16-15(24)6-7-17(22)26-16)8-9-27(12)19(28)13-4-3-5-14(23)18(13)25/h3-7,12H,8-11H2,1-2H3. The summed E-state index contributed by atoms with van der Waals surface area (Å²) < 4.78 is 34.1. The van der Waals surface area contributed by atoms with Gasteiger partial charge in [-0.3, -0.25) is 9.59 Å². The zero-order valence-corrected chi connectivity index (χ0v) is 18.8. The summed E-state index contributed by atoms with van der Waals surface area (Å²) in [7, 11) is 1.28. The average Bonchev–Trinajstić information content (AvgIpc) is 2.71. The van der Waals surface area contributed by atoms with Crippen LogP contribution >= 0.6 is 27.5 Å². The van der Waals surface area contributed by atoms with Crippen LogP contribution in [0.1, 0.15) is 35.8 Å². The van der Waals surface area contributed by atoms with Crippen LogP contribution in [0.5, 0.6) is 0 Å². The maximum Gasteiger partial charge on any atom is 0.312 e. The Labute approximate surface area is 186 Å². The molecule has 0 saturated carbocycles. The summed E-state index contributed by atoms with van der Waals surface area (Å²) >= 11 is 9.02. The number of amides is 1. The maximum atomic E-state index is 14.3. The number of hydrogen-bond donors (Lipinski definition) is 0. The van der Waals surface area contributed by atoms with Crippen molar-refractivity contribution in [2.24, 2.45) is 5.41 Å². The summed E-state index contributed by atoms with van der Waals surface area (Å²) in [5.41, 5.74) is -1.03. The first-order chi connectivity index (χ1) is 14.2. The average molecular weight is 502 g/mol. The van der Waals surface area contributed by atoms with E-state index in [0.29, 0.717) is 4.60 Å². The molecule has 1 fully saturated rings. The summed E-state index contributed by atoms with van der Waals surface area (Å²) in [6.07, 6.45) is 0.482. The van der Waals surface area contributed by atoms with Crippen molar-refractivity contribution in [1.29, 1.82) is 0 Å². The van der Waals surface area contributed by atoms with Crippen LogP contribution in [0.25, 0.3) is 0 Å². The topological polar surface area (TPSA) is 59.5 Å². The summed E-state index contributed by atoms with van der Waals surface area (Å²) in [5.74, 6) is -2.29. The number of pyridine rings is 1. The highest BCUT2D eigenvalue weighted by atomic mass is 79.9. The van der Waals surface area contributed by atoms with Gasteiger partial charge in [0.2, 0.25) is 0 Å². The largest absolute Gasteiger partial charge is 0.469 e. The van der Waals surface area contributed by atoms with Crippen molar-refractivity contribution in [3.05, 3.63) is 62.8 Å². The Balaban J connectivity index is 1.88. The van der Waals surface area contributed by atoms with Gasteiger partial charge in [0.25, 0.3) is 5.91 Å². The molecule has 1 aliphatic rings. The number of ether oxygens (including phenoxy) is 1. The van der Waals surface area contributed by atoms with Crippen molar-refractivity contribution in [2.75, 3.05) is 13.7 Å². The molecule has 2 unspecified atom stereocenters. The SMILES string of the molecule is COC(=O)C1(Cc2nc(Br)ccc2F)CCN(C(=O)c2cccc(Cl)c2F)C(C)C1. The molecule has 9 heteroatoms. The summed E-state index contributed by atoms with van der Waals surface area (Å²) in [6.45, 7) is 1.94. The Morgan fingerprint density at radius 1 is 1.33 bits per heavy atom. The minimum absolute atomic E-state index is 0.0306. The molecule has 1 amide bonds. The van der Waals surface area contributed by atoms with Crippen LogP contribution in [-0.2, 0) is 16.0 Å². The molecule has 1 saturated heterocycles. The number of esters is 1. The van der Waals surface area contributed by atoms with Crippen LogP contribution < -0.4 is 0 Å². The van der Waals surface area contributed by atoms with Crippen molar-refractivity contribution in [3.8, 4) is 0 Å². The summed E-state index contributed by atoms with van der Waals surface area (Å²) in [6, 6.07) is 6.59. The monoisotopic (exact) mass is 500 g/mol. The molecule has 2 atom stereocenters. The predicted molar refractivity (Wildman–Crippen MR) is 111 cm³/mol. The normalized spacial score (nSPS) is 21.4. The highest BCUT2D eigenvalue weighted by Crippen LogP contribution is 2.40. The zero-order valence-electron chi connectivity index (χ0n) is 16.4. The molecule has 0 N–H and O–H groups in total. The van der Waals surface area contributed by atoms with Crippen molar-refractivity contribution >= 4 is 39.4 Å². The number of aromatic nitrogens is 1. The number of rotatable bonds is 4. The van der Waals surface area contributed by atoms with E-state index in [1.165, 1.54) is 42.3 Å². The van der Waals surface area contributed by atoms with Crippen LogP contribution in [0.4, 0.5) is 8.78 Å². The van der Waals surface area contributed by atoms with Crippen LogP contribution in [-0.4, -0.2) is 41.5 Å². The number of hydrogen-bond acceptors (Lipinski definition) is 4. The molecule has 3 rings (SSSR count). The second kappa shape index (κ2) is 8.98. The molecule has 1 aliphatic heterocycles. The Kier molecular flexibility index (Phi) is 6.77. The molecule has 5 nitrogen and oxygen atoms in total. The van der Waals surface area contributed by atoms with Crippen LogP contribution in [0.15, 0.2) is 34.9 Å². The Morgan fingerprint density at radius 2 is 2.07 bits per heavy atom. The molecule has 160 valence electrons. The molecular weight excluding hydrogens is 482 g/mol. The third-order valence-corrected chi connectivity index (χ3v) is 6.23. The van der Waals surface area contributed by atoms with Crippen LogP contribution in [0, 0.1) is 17.0 Å². The highest BCUT2D eigenvalue weighted by Gasteiger charge is 2.47. The quantitative estimate of drug-likeness (QED) is 0.446. The number of carbonyl (C=O) groups is 2. The number of halogens is 4. The first kappa shape index (κ1) is 22.6. The summed E-state index contributed by atoms with van der Waals surface area (Å²) in [5, 5.41) is -0.134. The van der Waals surface area contributed by atoms with Gasteiger partial charge in [0.05, 0.1) is 28.8 Å². The third-order valence-electron chi connectivity index (χ3n) is 5.50. The van der Waals surface area contributed by atoms with Gasteiger partial charge in [-0.1, -0.05) is 17.7 Å². The fourth-order valence-electron chi connectivity index (χ4n) is 3.99. The number of likely N-dealkylation sites (tertiary alicyclic amines) is 1. The van der Waals surface area contributed by atoms with Gasteiger partial charge in [-0.15, -0.1) is 0 Å². The minimum atomic E-state index is -1.05. The number of benzene rings is 1. The predicted octanol–water partition coefficient (Wildman–Crippen LogP) is 4.80. The number of nitrogens with zero attached hydrogens (tertiary/aromatic N) is 2. The minimum Gasteiger partial charge on any atom is -0.469 e. The van der Waals surface area contributed by atoms with Crippen LogP contribution in [0.2, 0.25) is 5.02 Å². The number of carbonyl (C=O) groups excluding carboxylic acids is 2. The Morgan fingerprint density at radius 3 is 2.73 bits per heavy atom. The first-order valence-electron chi connectivity index (χ1n) is 9.33. The molecule has 0 spiro atoms. The Bertz CT molecular complexity index is 991. The van der Waals surface area contributed by atoms with Gasteiger partial charge in [-0.2, -0.15) is 0 Å². The first-order valence-corrected chi connectivity index (χ1v) is 10.5. The molecule has 1 aromatic carbocycles. The molecule has 2 aromatic rings. The molecule has 2 heterocycles. The van der Waals surface area contributed by atoms with E-state index < -0.39 is 35.0 Å². The van der Waals surface area contributed by atoms with Gasteiger partial charge in [-0.25, -0.2) is 13.8 Å². The van der Waals surface area contributed by atoms with E-state index in [-0.39, 0.29) is 42.1 Å². The van der Waals surface area contributed by atoms with Gasteiger partial charge >= 0.3 is 5.97 Å². The van der Waals surface area contributed by atoms with Gasteiger partial charge in [0, 0.05) is 19.0 Å². The van der Waals surface area contributed by atoms with E-state index >= 15 is 0 Å². The van der Waals surface area contributed by atoms with E-state index in [1.807, 2.05) is 0 Å². The van der Waals surface area contributed by atoms with Crippen molar-refractivity contribution in [2.45, 2.75) is 32.2 Å². The molecule has 0 aliphatic carbocycles. The van der Waals surface area contributed by atoms with Gasteiger partial charge < -0.3 is 9.64 Å². The van der Waals surface area contributed by atoms with Crippen LogP contribution in [0.3, 0.4) is 0 Å². The molecule has 0 radical (unpaired) electrons. The maximum absolute atomic E-state index is 14.3. The van der Waals surface area contributed by atoms with E-state index in [0.717, 1.165) is 0 Å². The molecule has 1 aromatic heterocycles. The lowest BCUT2D eigenvalue weighted by molar-refractivity contribution is -0.156. The van der Waals surface area contributed by atoms with E-state index in [9.17, 15) is 18.4 Å². The molecule has 30 heavy (non-hydrogen) atoms. The summed E-state index contributed by atoms with van der Waals surface area (Å²) in [4.78, 5) is 31.3. The van der Waals surface area contributed by atoms with E-state index in [2.05, 4.69) is 20.9 Å². The molecule has 0 bridgehead atoms. The van der Waals surface area contributed by atoms with Gasteiger partial charge in [0.1, 0.15) is 10.4 Å². The van der Waals surface area contributed by atoms with Gasteiger partial charge in [-0.05, 0) is 60.0 Å². The van der Waals surface area contributed by atoms with Gasteiger partial charge in [0.15, 0.2) is 5.82 Å². The molecular formula is C21H20BrClF2N2O3. The third kappa shape index (κ3) is 4.34. The Hall–Kier alpha value is -2.06. The lowest BCUT2D eigenvalue weighted by Gasteiger charge is -2.43. The second-order valence-corrected chi connectivity index (χ2v) is 8.63. The lowest BCUT2D eigenvalue weighted by atomic mass is 9.72.